The van der Waals surface area contributed by atoms with Gasteiger partial charge in [-0.05, 0) is 70.1 Å². The quantitative estimate of drug-likeness (QED) is 0.327. The van der Waals surface area contributed by atoms with E-state index in [4.69, 9.17) is 9.73 Å². The number of unbranched alkanes of at least 4 members (excludes halogenated alkanes) is 1. The molecule has 0 amide bonds. The van der Waals surface area contributed by atoms with E-state index >= 15 is 0 Å². The number of aryl methyl sites for hydroxylation is 2. The second-order valence-corrected chi connectivity index (χ2v) is 8.35. The molecule has 2 N–H and O–H groups in total. The first kappa shape index (κ1) is 22.9. The van der Waals surface area contributed by atoms with Crippen LogP contribution in [-0.2, 0) is 13.1 Å². The molecule has 0 unspecified atom stereocenters. The van der Waals surface area contributed by atoms with Crippen molar-refractivity contribution in [3.8, 4) is 5.75 Å². The van der Waals surface area contributed by atoms with Gasteiger partial charge in [0, 0.05) is 37.0 Å². The van der Waals surface area contributed by atoms with Crippen LogP contribution in [0.5, 0.6) is 5.75 Å². The Balaban J connectivity index is 1.50. The van der Waals surface area contributed by atoms with Crippen LogP contribution >= 0.6 is 0 Å². The largest absolute Gasteiger partial charge is 0.493 e. The summed E-state index contributed by atoms with van der Waals surface area (Å²) in [6.07, 6.45) is 4.47. The zero-order chi connectivity index (χ0) is 22.1. The van der Waals surface area contributed by atoms with Crippen molar-refractivity contribution in [2.45, 2.75) is 59.5 Å². The molecule has 0 bridgehead atoms. The number of rotatable bonds is 11. The summed E-state index contributed by atoms with van der Waals surface area (Å²) in [6.45, 7) is 9.88. The summed E-state index contributed by atoms with van der Waals surface area (Å²) in [7, 11) is 0. The van der Waals surface area contributed by atoms with E-state index in [0.717, 1.165) is 68.0 Å². The molecule has 6 nitrogen and oxygen atoms in total. The topological polar surface area (TPSA) is 67.7 Å². The zero-order valence-corrected chi connectivity index (χ0v) is 19.1. The highest BCUT2D eigenvalue weighted by Crippen LogP contribution is 2.30. The van der Waals surface area contributed by atoms with Gasteiger partial charge in [-0.2, -0.15) is 0 Å². The van der Waals surface area contributed by atoms with Crippen LogP contribution in [0.25, 0.3) is 0 Å². The fourth-order valence-electron chi connectivity index (χ4n) is 3.44. The highest BCUT2D eigenvalue weighted by Gasteiger charge is 2.22. The molecule has 0 aliphatic heterocycles. The van der Waals surface area contributed by atoms with E-state index in [0.29, 0.717) is 6.54 Å². The van der Waals surface area contributed by atoms with Crippen LogP contribution < -0.4 is 20.9 Å². The summed E-state index contributed by atoms with van der Waals surface area (Å²) in [5, 5.41) is 6.72. The Morgan fingerprint density at radius 3 is 2.74 bits per heavy atom. The fraction of sp³-hybridized carbons (Fsp3) is 0.520. The molecule has 3 rings (SSSR count). The molecule has 0 atom stereocenters. The van der Waals surface area contributed by atoms with Gasteiger partial charge in [0.05, 0.1) is 13.2 Å². The third-order valence-electron chi connectivity index (χ3n) is 5.51. The summed E-state index contributed by atoms with van der Waals surface area (Å²) in [5.74, 6) is 2.49. The molecule has 1 saturated carbocycles. The summed E-state index contributed by atoms with van der Waals surface area (Å²) >= 11 is 0. The normalized spacial score (nSPS) is 13.8. The van der Waals surface area contributed by atoms with Crippen LogP contribution in [0, 0.1) is 19.8 Å². The minimum atomic E-state index is 0.0701. The minimum Gasteiger partial charge on any atom is -0.493 e. The molecule has 1 fully saturated rings. The summed E-state index contributed by atoms with van der Waals surface area (Å²) in [5.41, 5.74) is 3.40. The van der Waals surface area contributed by atoms with E-state index in [9.17, 15) is 4.79 Å². The predicted molar refractivity (Wildman–Crippen MR) is 127 cm³/mol. The Bertz CT molecular complexity index is 931. The van der Waals surface area contributed by atoms with Crippen LogP contribution in [0.15, 0.2) is 46.2 Å². The third kappa shape index (κ3) is 7.46. The fourth-order valence-corrected chi connectivity index (χ4v) is 3.44. The van der Waals surface area contributed by atoms with Gasteiger partial charge in [0.15, 0.2) is 5.96 Å². The molecule has 168 valence electrons. The van der Waals surface area contributed by atoms with E-state index in [2.05, 4.69) is 42.7 Å². The maximum Gasteiger partial charge on any atom is 0.250 e. The van der Waals surface area contributed by atoms with Crippen LogP contribution in [0.2, 0.25) is 0 Å². The lowest BCUT2D eigenvalue weighted by molar-refractivity contribution is 0.296. The summed E-state index contributed by atoms with van der Waals surface area (Å²) in [6, 6.07) is 11.7. The van der Waals surface area contributed by atoms with Gasteiger partial charge in [-0.15, -0.1) is 0 Å². The number of hydrogen-bond acceptors (Lipinski definition) is 3. The Kier molecular flexibility index (Phi) is 8.56. The number of pyridine rings is 1. The first-order valence-corrected chi connectivity index (χ1v) is 11.5. The van der Waals surface area contributed by atoms with Crippen molar-refractivity contribution in [3.63, 3.8) is 0 Å². The van der Waals surface area contributed by atoms with E-state index in [1.54, 1.807) is 6.07 Å². The second-order valence-electron chi connectivity index (χ2n) is 8.35. The number of hydrogen-bond donors (Lipinski definition) is 2. The molecule has 1 aromatic heterocycles. The summed E-state index contributed by atoms with van der Waals surface area (Å²) in [4.78, 5) is 16.7. The molecule has 2 aromatic rings. The average molecular weight is 425 g/mol. The van der Waals surface area contributed by atoms with Crippen LogP contribution in [-0.4, -0.2) is 30.2 Å². The van der Waals surface area contributed by atoms with Gasteiger partial charge in [-0.1, -0.05) is 18.2 Å². The van der Waals surface area contributed by atoms with Gasteiger partial charge < -0.3 is 19.9 Å². The van der Waals surface area contributed by atoms with E-state index in [1.807, 2.05) is 23.6 Å². The van der Waals surface area contributed by atoms with Gasteiger partial charge in [0.2, 0.25) is 0 Å². The van der Waals surface area contributed by atoms with Crippen LogP contribution in [0.3, 0.4) is 0 Å². The molecule has 0 saturated heterocycles. The molecule has 0 spiro atoms. The van der Waals surface area contributed by atoms with Crippen molar-refractivity contribution in [1.82, 2.24) is 15.2 Å². The second kappa shape index (κ2) is 11.6. The van der Waals surface area contributed by atoms with Gasteiger partial charge >= 0.3 is 0 Å². The van der Waals surface area contributed by atoms with Crippen LogP contribution in [0.1, 0.15) is 49.4 Å². The molecule has 0 radical (unpaired) electrons. The maximum atomic E-state index is 12.0. The number of ether oxygens (including phenoxy) is 1. The number of nitrogens with zero attached hydrogens (tertiary/aromatic N) is 2. The monoisotopic (exact) mass is 424 g/mol. The first-order valence-electron chi connectivity index (χ1n) is 11.5. The Morgan fingerprint density at radius 1 is 1.16 bits per heavy atom. The lowest BCUT2D eigenvalue weighted by Crippen LogP contribution is -2.37. The average Bonchev–Trinajstić information content (AvgIpc) is 3.57. The lowest BCUT2D eigenvalue weighted by Gasteiger charge is -2.14. The van der Waals surface area contributed by atoms with Crippen molar-refractivity contribution in [1.29, 1.82) is 0 Å². The highest BCUT2D eigenvalue weighted by molar-refractivity contribution is 5.79. The van der Waals surface area contributed by atoms with E-state index in [1.165, 1.54) is 18.4 Å². The summed E-state index contributed by atoms with van der Waals surface area (Å²) < 4.78 is 7.90. The number of aliphatic imine (C=N–C) groups is 1. The molecule has 1 aliphatic carbocycles. The van der Waals surface area contributed by atoms with Crippen molar-refractivity contribution in [3.05, 3.63) is 63.6 Å². The smallest absolute Gasteiger partial charge is 0.250 e. The van der Waals surface area contributed by atoms with Gasteiger partial charge in [-0.3, -0.25) is 4.79 Å². The Labute approximate surface area is 185 Å². The predicted octanol–water partition coefficient (Wildman–Crippen LogP) is 3.79. The first-order chi connectivity index (χ1) is 15.1. The van der Waals surface area contributed by atoms with Crippen molar-refractivity contribution < 1.29 is 4.74 Å². The standard InChI is InChI=1S/C25H36N4O2/c1-4-26-25(27-14-5-6-15-29-20(3)8-7-9-24(29)30)28-17-22-13-10-19(2)16-23(22)31-18-21-11-12-21/h7-10,13,16,21H,4-6,11-12,14-15,17-18H2,1-3H3,(H2,26,27,28). The third-order valence-corrected chi connectivity index (χ3v) is 5.51. The SMILES string of the molecule is CCNC(=NCc1ccc(C)cc1OCC1CC1)NCCCCn1c(C)cccc1=O. The Morgan fingerprint density at radius 2 is 2.00 bits per heavy atom. The van der Waals surface area contributed by atoms with E-state index in [-0.39, 0.29) is 5.56 Å². The minimum absolute atomic E-state index is 0.0701. The highest BCUT2D eigenvalue weighted by atomic mass is 16.5. The molecule has 1 aromatic carbocycles. The van der Waals surface area contributed by atoms with E-state index < -0.39 is 0 Å². The van der Waals surface area contributed by atoms with Crippen molar-refractivity contribution in [2.75, 3.05) is 19.7 Å². The van der Waals surface area contributed by atoms with Gasteiger partial charge in [0.25, 0.3) is 5.56 Å². The number of benzene rings is 1. The maximum absolute atomic E-state index is 12.0. The molecular formula is C25H36N4O2. The van der Waals surface area contributed by atoms with Crippen molar-refractivity contribution >= 4 is 5.96 Å². The molecule has 6 heteroatoms. The van der Waals surface area contributed by atoms with Crippen molar-refractivity contribution in [2.24, 2.45) is 10.9 Å². The molecular weight excluding hydrogens is 388 g/mol. The lowest BCUT2D eigenvalue weighted by atomic mass is 10.1. The zero-order valence-electron chi connectivity index (χ0n) is 19.1. The number of guanidine groups is 1. The number of nitrogens with one attached hydrogen (secondary N) is 2. The molecule has 1 aliphatic rings. The van der Waals surface area contributed by atoms with Gasteiger partial charge in [0.1, 0.15) is 5.75 Å². The van der Waals surface area contributed by atoms with Crippen LogP contribution in [0.4, 0.5) is 0 Å². The van der Waals surface area contributed by atoms with Gasteiger partial charge in [-0.25, -0.2) is 4.99 Å². The molecule has 1 heterocycles. The number of aromatic nitrogens is 1. The Hall–Kier alpha value is -2.76. The molecule has 31 heavy (non-hydrogen) atoms.